The van der Waals surface area contributed by atoms with E-state index in [4.69, 9.17) is 0 Å². The van der Waals surface area contributed by atoms with E-state index in [9.17, 15) is 9.90 Å². The van der Waals surface area contributed by atoms with E-state index in [2.05, 4.69) is 15.1 Å². The fourth-order valence-electron chi connectivity index (χ4n) is 2.61. The number of rotatable bonds is 1. The molecule has 0 atom stereocenters. The molecule has 2 heterocycles. The van der Waals surface area contributed by atoms with Crippen LogP contribution in [-0.2, 0) is 0 Å². The summed E-state index contributed by atoms with van der Waals surface area (Å²) in [6.45, 7) is 1.72. The SMILES string of the molecule is Cc1nc2[nH]c(=O)c(C3CCCC3)c(O)n2n1. The molecule has 0 amide bonds. The Morgan fingerprint density at radius 2 is 2.12 bits per heavy atom. The van der Waals surface area contributed by atoms with Gasteiger partial charge in [0.15, 0.2) is 0 Å². The second kappa shape index (κ2) is 3.58. The molecule has 0 spiro atoms. The van der Waals surface area contributed by atoms with Crippen LogP contribution in [0.15, 0.2) is 4.79 Å². The van der Waals surface area contributed by atoms with Crippen molar-refractivity contribution in [1.82, 2.24) is 19.6 Å². The number of aryl methyl sites for hydroxylation is 1. The predicted molar refractivity (Wildman–Crippen MR) is 61.2 cm³/mol. The quantitative estimate of drug-likeness (QED) is 0.773. The highest BCUT2D eigenvalue weighted by molar-refractivity contribution is 5.38. The minimum atomic E-state index is -0.241. The molecule has 1 saturated carbocycles. The largest absolute Gasteiger partial charge is 0.493 e. The lowest BCUT2D eigenvalue weighted by Gasteiger charge is -2.10. The first kappa shape index (κ1) is 10.3. The van der Waals surface area contributed by atoms with E-state index in [0.717, 1.165) is 25.7 Å². The molecule has 2 aromatic rings. The Bertz CT molecular complexity index is 622. The Kier molecular flexibility index (Phi) is 2.17. The lowest BCUT2D eigenvalue weighted by Crippen LogP contribution is -2.18. The molecule has 6 heteroatoms. The van der Waals surface area contributed by atoms with E-state index in [-0.39, 0.29) is 17.4 Å². The summed E-state index contributed by atoms with van der Waals surface area (Å²) in [7, 11) is 0. The highest BCUT2D eigenvalue weighted by Gasteiger charge is 2.25. The summed E-state index contributed by atoms with van der Waals surface area (Å²) in [5, 5.41) is 14.2. The molecule has 2 aromatic heterocycles. The van der Waals surface area contributed by atoms with E-state index in [1.54, 1.807) is 6.92 Å². The van der Waals surface area contributed by atoms with Gasteiger partial charge in [-0.25, -0.2) is 0 Å². The molecule has 0 aliphatic heterocycles. The third kappa shape index (κ3) is 1.51. The van der Waals surface area contributed by atoms with Gasteiger partial charge in [0, 0.05) is 0 Å². The molecule has 1 fully saturated rings. The maximum atomic E-state index is 12.0. The minimum absolute atomic E-state index is 0.0590. The monoisotopic (exact) mass is 234 g/mol. The first-order valence-electron chi connectivity index (χ1n) is 5.85. The first-order chi connectivity index (χ1) is 8.16. The van der Waals surface area contributed by atoms with Crippen molar-refractivity contribution in [3.8, 4) is 5.88 Å². The fraction of sp³-hybridized carbons (Fsp3) is 0.545. The topological polar surface area (TPSA) is 83.3 Å². The average Bonchev–Trinajstić information content (AvgIpc) is 2.87. The average molecular weight is 234 g/mol. The van der Waals surface area contributed by atoms with Gasteiger partial charge in [-0.15, -0.1) is 5.10 Å². The predicted octanol–water partition coefficient (Wildman–Crippen LogP) is 1.09. The Morgan fingerprint density at radius 1 is 1.41 bits per heavy atom. The van der Waals surface area contributed by atoms with E-state index < -0.39 is 0 Å². The van der Waals surface area contributed by atoms with E-state index >= 15 is 0 Å². The molecule has 0 bridgehead atoms. The van der Waals surface area contributed by atoms with Gasteiger partial charge in [0.05, 0.1) is 5.56 Å². The number of nitrogens with one attached hydrogen (secondary N) is 1. The summed E-state index contributed by atoms with van der Waals surface area (Å²) < 4.78 is 1.31. The number of aromatic amines is 1. The van der Waals surface area contributed by atoms with E-state index in [1.165, 1.54) is 4.52 Å². The molecule has 6 nitrogen and oxygen atoms in total. The third-order valence-electron chi connectivity index (χ3n) is 3.39. The number of hydrogen-bond acceptors (Lipinski definition) is 4. The normalized spacial score (nSPS) is 17.0. The van der Waals surface area contributed by atoms with Crippen molar-refractivity contribution in [1.29, 1.82) is 0 Å². The van der Waals surface area contributed by atoms with Crippen molar-refractivity contribution in [3.05, 3.63) is 21.7 Å². The molecular formula is C11H14N4O2. The van der Waals surface area contributed by atoms with Crippen LogP contribution in [0.25, 0.3) is 5.78 Å². The van der Waals surface area contributed by atoms with Crippen LogP contribution < -0.4 is 5.56 Å². The van der Waals surface area contributed by atoms with Crippen molar-refractivity contribution in [3.63, 3.8) is 0 Å². The summed E-state index contributed by atoms with van der Waals surface area (Å²) in [5.41, 5.74) is 0.217. The zero-order chi connectivity index (χ0) is 12.0. The lowest BCUT2D eigenvalue weighted by atomic mass is 10.0. The van der Waals surface area contributed by atoms with Crippen molar-refractivity contribution in [2.24, 2.45) is 0 Å². The van der Waals surface area contributed by atoms with Gasteiger partial charge in [-0.2, -0.15) is 9.50 Å². The smallest absolute Gasteiger partial charge is 0.259 e. The Balaban J connectivity index is 2.26. The van der Waals surface area contributed by atoms with Gasteiger partial charge in [0.25, 0.3) is 5.56 Å². The number of nitrogens with zero attached hydrogens (tertiary/aromatic N) is 3. The van der Waals surface area contributed by atoms with Crippen LogP contribution in [-0.4, -0.2) is 24.7 Å². The molecule has 0 aromatic carbocycles. The Labute approximate surface area is 97.3 Å². The second-order valence-electron chi connectivity index (χ2n) is 4.57. The number of fused-ring (bicyclic) bond motifs is 1. The van der Waals surface area contributed by atoms with Crippen LogP contribution in [0.1, 0.15) is 43.0 Å². The summed E-state index contributed by atoms with van der Waals surface area (Å²) in [4.78, 5) is 18.7. The Hall–Kier alpha value is -1.85. The van der Waals surface area contributed by atoms with Crippen molar-refractivity contribution in [2.45, 2.75) is 38.5 Å². The van der Waals surface area contributed by atoms with E-state index in [0.29, 0.717) is 17.2 Å². The van der Waals surface area contributed by atoms with Gasteiger partial charge in [-0.05, 0) is 25.7 Å². The zero-order valence-electron chi connectivity index (χ0n) is 9.60. The molecular weight excluding hydrogens is 220 g/mol. The fourth-order valence-corrected chi connectivity index (χ4v) is 2.61. The van der Waals surface area contributed by atoms with Crippen LogP contribution in [0.4, 0.5) is 0 Å². The number of aromatic hydroxyl groups is 1. The van der Waals surface area contributed by atoms with Crippen molar-refractivity contribution >= 4 is 5.78 Å². The molecule has 0 unspecified atom stereocenters. The molecule has 1 aliphatic carbocycles. The van der Waals surface area contributed by atoms with Crippen molar-refractivity contribution in [2.75, 3.05) is 0 Å². The van der Waals surface area contributed by atoms with E-state index in [1.807, 2.05) is 0 Å². The van der Waals surface area contributed by atoms with Crippen LogP contribution >= 0.6 is 0 Å². The van der Waals surface area contributed by atoms with Gasteiger partial charge in [-0.1, -0.05) is 12.8 Å². The molecule has 0 radical (unpaired) electrons. The second-order valence-corrected chi connectivity index (χ2v) is 4.57. The highest BCUT2D eigenvalue weighted by Crippen LogP contribution is 2.35. The lowest BCUT2D eigenvalue weighted by molar-refractivity contribution is 0.419. The minimum Gasteiger partial charge on any atom is -0.493 e. The van der Waals surface area contributed by atoms with Crippen LogP contribution in [0.2, 0.25) is 0 Å². The summed E-state index contributed by atoms with van der Waals surface area (Å²) >= 11 is 0. The number of hydrogen-bond donors (Lipinski definition) is 2. The van der Waals surface area contributed by atoms with Crippen LogP contribution in [0, 0.1) is 6.92 Å². The van der Waals surface area contributed by atoms with Crippen LogP contribution in [0.3, 0.4) is 0 Å². The molecule has 3 rings (SSSR count). The third-order valence-corrected chi connectivity index (χ3v) is 3.39. The van der Waals surface area contributed by atoms with Gasteiger partial charge < -0.3 is 5.11 Å². The molecule has 17 heavy (non-hydrogen) atoms. The summed E-state index contributed by atoms with van der Waals surface area (Å²) in [6.07, 6.45) is 4.13. The molecule has 1 aliphatic rings. The van der Waals surface area contributed by atoms with Gasteiger partial charge >= 0.3 is 0 Å². The maximum Gasteiger partial charge on any atom is 0.259 e. The van der Waals surface area contributed by atoms with Gasteiger partial charge in [-0.3, -0.25) is 9.78 Å². The zero-order valence-corrected chi connectivity index (χ0v) is 9.60. The molecule has 0 saturated heterocycles. The molecule has 90 valence electrons. The number of H-pyrrole nitrogens is 1. The highest BCUT2D eigenvalue weighted by atomic mass is 16.3. The van der Waals surface area contributed by atoms with Gasteiger partial charge in [0.2, 0.25) is 11.7 Å². The standard InChI is InChI=1S/C11H14N4O2/c1-6-12-11-13-9(16)8(7-4-2-3-5-7)10(17)15(11)14-6/h7,17H,2-5H2,1H3,(H,12,13,14,16). The van der Waals surface area contributed by atoms with Crippen molar-refractivity contribution < 1.29 is 5.11 Å². The van der Waals surface area contributed by atoms with Gasteiger partial charge in [0.1, 0.15) is 5.82 Å². The summed E-state index contributed by atoms with van der Waals surface area (Å²) in [6, 6.07) is 0. The molecule has 2 N–H and O–H groups in total. The maximum absolute atomic E-state index is 12.0. The number of aromatic nitrogens is 4. The Morgan fingerprint density at radius 3 is 2.82 bits per heavy atom. The first-order valence-corrected chi connectivity index (χ1v) is 5.85. The van der Waals surface area contributed by atoms with Crippen LogP contribution in [0.5, 0.6) is 5.88 Å². The summed E-state index contributed by atoms with van der Waals surface area (Å²) in [5.74, 6) is 0.912.